The van der Waals surface area contributed by atoms with Gasteiger partial charge < -0.3 is 19.9 Å². The number of halogens is 1. The van der Waals surface area contributed by atoms with Gasteiger partial charge in [-0.1, -0.05) is 0 Å². The van der Waals surface area contributed by atoms with E-state index in [1.54, 1.807) is 11.0 Å². The topological polar surface area (TPSA) is 64.8 Å². The van der Waals surface area contributed by atoms with E-state index >= 15 is 0 Å². The first kappa shape index (κ1) is 18.4. The maximum Gasteiger partial charge on any atom is 0.494 e. The second kappa shape index (κ2) is 6.38. The summed E-state index contributed by atoms with van der Waals surface area (Å²) in [7, 11) is -0.698. The summed E-state index contributed by atoms with van der Waals surface area (Å²) in [5, 5.41) is 0. The highest BCUT2D eigenvalue weighted by Gasteiger charge is 2.51. The molecule has 2 heterocycles. The Bertz CT molecular complexity index is 664. The van der Waals surface area contributed by atoms with Crippen molar-refractivity contribution in [1.82, 2.24) is 4.90 Å². The van der Waals surface area contributed by atoms with Crippen LogP contribution in [0.1, 0.15) is 50.9 Å². The first-order valence-electron chi connectivity index (χ1n) is 8.80. The molecule has 1 amide bonds. The third-order valence-corrected chi connectivity index (χ3v) is 5.44. The SMILES string of the molecule is CC1(C)OB(c2cc(F)cc(C(=O)N3CCC[C@H](N)C3)c2)OC1(C)C. The molecule has 1 aromatic rings. The lowest BCUT2D eigenvalue weighted by Gasteiger charge is -2.32. The Kier molecular flexibility index (Phi) is 4.68. The van der Waals surface area contributed by atoms with Gasteiger partial charge in [-0.2, -0.15) is 0 Å². The van der Waals surface area contributed by atoms with Crippen LogP contribution in [-0.2, 0) is 9.31 Å². The van der Waals surface area contributed by atoms with Gasteiger partial charge in [-0.25, -0.2) is 4.39 Å². The minimum absolute atomic E-state index is 0.0196. The number of carbonyl (C=O) groups is 1. The zero-order chi connectivity index (χ0) is 18.4. The molecule has 5 nitrogen and oxygen atoms in total. The molecule has 0 radical (unpaired) electrons. The van der Waals surface area contributed by atoms with Crippen molar-refractivity contribution < 1.29 is 18.5 Å². The molecule has 136 valence electrons. The highest BCUT2D eigenvalue weighted by atomic mass is 19.1. The summed E-state index contributed by atoms with van der Waals surface area (Å²) in [6, 6.07) is 4.26. The van der Waals surface area contributed by atoms with Crippen LogP contribution in [0.25, 0.3) is 0 Å². The maximum atomic E-state index is 14.2. The van der Waals surface area contributed by atoms with E-state index in [1.165, 1.54) is 12.1 Å². The van der Waals surface area contributed by atoms with Gasteiger partial charge in [-0.15, -0.1) is 0 Å². The molecule has 0 saturated carbocycles. The van der Waals surface area contributed by atoms with Gasteiger partial charge in [-0.3, -0.25) is 4.79 Å². The summed E-state index contributed by atoms with van der Waals surface area (Å²) in [6.07, 6.45) is 1.78. The molecule has 1 aromatic carbocycles. The standard InChI is InChI=1S/C18H26BFN2O3/c1-17(2)18(3,4)25-19(24-17)13-8-12(9-14(20)10-13)16(23)22-7-5-6-15(21)11-22/h8-10,15H,5-7,11,21H2,1-4H3/t15-/m0/s1. The zero-order valence-electron chi connectivity index (χ0n) is 15.3. The van der Waals surface area contributed by atoms with Crippen LogP contribution in [0.3, 0.4) is 0 Å². The van der Waals surface area contributed by atoms with E-state index in [9.17, 15) is 9.18 Å². The molecule has 2 N–H and O–H groups in total. The molecule has 2 fully saturated rings. The van der Waals surface area contributed by atoms with Crippen molar-refractivity contribution in [2.75, 3.05) is 13.1 Å². The van der Waals surface area contributed by atoms with Crippen molar-refractivity contribution in [2.24, 2.45) is 5.73 Å². The first-order valence-corrected chi connectivity index (χ1v) is 8.80. The van der Waals surface area contributed by atoms with Crippen LogP contribution >= 0.6 is 0 Å². The third-order valence-electron chi connectivity index (χ3n) is 5.44. The van der Waals surface area contributed by atoms with E-state index in [1.807, 2.05) is 27.7 Å². The predicted octanol–water partition coefficient (Wildman–Crippen LogP) is 1.69. The summed E-state index contributed by atoms with van der Waals surface area (Å²) in [6.45, 7) is 8.90. The Morgan fingerprint density at radius 1 is 1.24 bits per heavy atom. The summed E-state index contributed by atoms with van der Waals surface area (Å²) >= 11 is 0. The van der Waals surface area contributed by atoms with Crippen LogP contribution in [-0.4, -0.2) is 48.3 Å². The van der Waals surface area contributed by atoms with Gasteiger partial charge in [0, 0.05) is 24.7 Å². The van der Waals surface area contributed by atoms with Gasteiger partial charge in [0.2, 0.25) is 0 Å². The van der Waals surface area contributed by atoms with Crippen LogP contribution in [0.5, 0.6) is 0 Å². The second-order valence-electron chi connectivity index (χ2n) is 8.01. The van der Waals surface area contributed by atoms with Gasteiger partial charge in [-0.05, 0) is 64.2 Å². The number of piperidine rings is 1. The van der Waals surface area contributed by atoms with E-state index in [0.717, 1.165) is 12.8 Å². The summed E-state index contributed by atoms with van der Waals surface area (Å²) in [5.41, 5.74) is 5.73. The molecular formula is C18H26BFN2O3. The van der Waals surface area contributed by atoms with Crippen LogP contribution in [0.4, 0.5) is 4.39 Å². The molecular weight excluding hydrogens is 322 g/mol. The van der Waals surface area contributed by atoms with Crippen molar-refractivity contribution in [3.05, 3.63) is 29.6 Å². The van der Waals surface area contributed by atoms with Crippen molar-refractivity contribution in [2.45, 2.75) is 57.8 Å². The normalized spacial score (nSPS) is 25.3. The molecule has 7 heteroatoms. The van der Waals surface area contributed by atoms with E-state index < -0.39 is 24.1 Å². The lowest BCUT2D eigenvalue weighted by molar-refractivity contribution is 0.00578. The molecule has 25 heavy (non-hydrogen) atoms. The Morgan fingerprint density at radius 2 is 1.88 bits per heavy atom. The summed E-state index contributed by atoms with van der Waals surface area (Å²) < 4.78 is 26.1. The Labute approximate surface area is 148 Å². The van der Waals surface area contributed by atoms with Gasteiger partial charge >= 0.3 is 7.12 Å². The number of nitrogens with zero attached hydrogens (tertiary/aromatic N) is 1. The molecule has 0 unspecified atom stereocenters. The van der Waals surface area contributed by atoms with Gasteiger partial charge in [0.25, 0.3) is 5.91 Å². The highest BCUT2D eigenvalue weighted by Crippen LogP contribution is 2.36. The molecule has 0 aliphatic carbocycles. The average Bonchev–Trinajstić information content (AvgIpc) is 2.74. The predicted molar refractivity (Wildman–Crippen MR) is 95.2 cm³/mol. The largest absolute Gasteiger partial charge is 0.494 e. The van der Waals surface area contributed by atoms with Crippen molar-refractivity contribution in [1.29, 1.82) is 0 Å². The number of benzene rings is 1. The minimum Gasteiger partial charge on any atom is -0.399 e. The zero-order valence-corrected chi connectivity index (χ0v) is 15.3. The van der Waals surface area contributed by atoms with Crippen molar-refractivity contribution >= 4 is 18.5 Å². The molecule has 2 aliphatic rings. The lowest BCUT2D eigenvalue weighted by Crippen LogP contribution is -2.46. The smallest absolute Gasteiger partial charge is 0.399 e. The fraction of sp³-hybridized carbons (Fsp3) is 0.611. The van der Waals surface area contributed by atoms with Crippen molar-refractivity contribution in [3.63, 3.8) is 0 Å². The molecule has 0 aromatic heterocycles. The van der Waals surface area contributed by atoms with E-state index in [0.29, 0.717) is 24.1 Å². The number of carbonyl (C=O) groups excluding carboxylic acids is 1. The van der Waals surface area contributed by atoms with E-state index in [2.05, 4.69) is 0 Å². The summed E-state index contributed by atoms with van der Waals surface area (Å²) in [5.74, 6) is -0.677. The number of hydrogen-bond donors (Lipinski definition) is 1. The Hall–Kier alpha value is -1.44. The number of likely N-dealkylation sites (tertiary alicyclic amines) is 1. The molecule has 2 aliphatic heterocycles. The average molecular weight is 348 g/mol. The minimum atomic E-state index is -0.698. The van der Waals surface area contributed by atoms with Crippen molar-refractivity contribution in [3.8, 4) is 0 Å². The quantitative estimate of drug-likeness (QED) is 0.826. The molecule has 2 saturated heterocycles. The highest BCUT2D eigenvalue weighted by molar-refractivity contribution is 6.62. The van der Waals surface area contributed by atoms with Crippen LogP contribution in [0.15, 0.2) is 18.2 Å². The van der Waals surface area contributed by atoms with Crippen LogP contribution < -0.4 is 11.2 Å². The number of nitrogens with two attached hydrogens (primary N) is 1. The fourth-order valence-corrected chi connectivity index (χ4v) is 3.23. The molecule has 0 bridgehead atoms. The van der Waals surface area contributed by atoms with Crippen LogP contribution in [0.2, 0.25) is 0 Å². The van der Waals surface area contributed by atoms with Gasteiger partial charge in [0.05, 0.1) is 11.2 Å². The monoisotopic (exact) mass is 348 g/mol. The summed E-state index contributed by atoms with van der Waals surface area (Å²) in [4.78, 5) is 14.4. The van der Waals surface area contributed by atoms with E-state index in [4.69, 9.17) is 15.0 Å². The van der Waals surface area contributed by atoms with Crippen LogP contribution in [0, 0.1) is 5.82 Å². The van der Waals surface area contributed by atoms with E-state index in [-0.39, 0.29) is 11.9 Å². The molecule has 0 spiro atoms. The third kappa shape index (κ3) is 3.59. The number of amides is 1. The Balaban J connectivity index is 1.85. The second-order valence-corrected chi connectivity index (χ2v) is 8.01. The fourth-order valence-electron chi connectivity index (χ4n) is 3.23. The lowest BCUT2D eigenvalue weighted by atomic mass is 9.78. The maximum absolute atomic E-state index is 14.2. The molecule has 3 rings (SSSR count). The first-order chi connectivity index (χ1) is 11.6. The number of rotatable bonds is 2. The van der Waals surface area contributed by atoms with Gasteiger partial charge in [0.15, 0.2) is 0 Å². The van der Waals surface area contributed by atoms with Gasteiger partial charge in [0.1, 0.15) is 5.82 Å². The Morgan fingerprint density at radius 3 is 2.48 bits per heavy atom. The molecule has 1 atom stereocenters. The number of hydrogen-bond acceptors (Lipinski definition) is 4.